The maximum atomic E-state index is 5.58. The van der Waals surface area contributed by atoms with Gasteiger partial charge in [0.05, 0.1) is 25.4 Å². The minimum atomic E-state index is 0. The molecule has 0 radical (unpaired) electrons. The fourth-order valence-electron chi connectivity index (χ4n) is 4.34. The number of hydrogen-bond acceptors (Lipinski definition) is 7. The average Bonchev–Trinajstić information content (AvgIpc) is 3.53. The third kappa shape index (κ3) is 5.03. The van der Waals surface area contributed by atoms with E-state index in [0.717, 1.165) is 43.4 Å². The van der Waals surface area contributed by atoms with E-state index >= 15 is 0 Å². The van der Waals surface area contributed by atoms with Crippen molar-refractivity contribution >= 4 is 29.4 Å². The first-order valence-corrected chi connectivity index (χ1v) is 11.7. The van der Waals surface area contributed by atoms with Crippen LogP contribution >= 0.6 is 23.7 Å². The van der Waals surface area contributed by atoms with Gasteiger partial charge < -0.3 is 9.64 Å². The predicted molar refractivity (Wildman–Crippen MR) is 134 cm³/mol. The highest BCUT2D eigenvalue weighted by molar-refractivity contribution is 7.09. The zero-order valence-electron chi connectivity index (χ0n) is 18.4. The maximum absolute atomic E-state index is 5.58. The zero-order valence-corrected chi connectivity index (χ0v) is 20.1. The molecule has 172 valence electrons. The molecule has 4 aromatic rings. The summed E-state index contributed by atoms with van der Waals surface area (Å²) in [4.78, 5) is 6.12. The molecule has 1 saturated heterocycles. The molecule has 5 rings (SSSR count). The second-order valence-corrected chi connectivity index (χ2v) is 8.81. The van der Waals surface area contributed by atoms with Crippen LogP contribution in [-0.2, 0) is 6.54 Å². The van der Waals surface area contributed by atoms with E-state index < -0.39 is 0 Å². The lowest BCUT2D eigenvalue weighted by molar-refractivity contribution is 0.201. The van der Waals surface area contributed by atoms with E-state index in [-0.39, 0.29) is 18.4 Å². The van der Waals surface area contributed by atoms with Crippen molar-refractivity contribution in [3.05, 3.63) is 88.4 Å². The molecule has 3 heterocycles. The smallest absolute Gasteiger partial charge is 0.173 e. The van der Waals surface area contributed by atoms with Crippen molar-refractivity contribution in [2.24, 2.45) is 0 Å². The molecule has 0 spiro atoms. The third-order valence-electron chi connectivity index (χ3n) is 5.91. The molecule has 0 N–H and O–H groups in total. The summed E-state index contributed by atoms with van der Waals surface area (Å²) in [5.74, 6) is 1.80. The van der Waals surface area contributed by atoms with Crippen molar-refractivity contribution in [1.82, 2.24) is 25.1 Å². The molecule has 1 aliphatic heterocycles. The quantitative estimate of drug-likeness (QED) is 0.395. The fourth-order valence-corrected chi connectivity index (χ4v) is 5.03. The Labute approximate surface area is 204 Å². The van der Waals surface area contributed by atoms with Gasteiger partial charge >= 0.3 is 0 Å². The molecule has 1 unspecified atom stereocenters. The maximum Gasteiger partial charge on any atom is 0.173 e. The molecule has 0 amide bonds. The van der Waals surface area contributed by atoms with Crippen molar-refractivity contribution in [2.45, 2.75) is 12.6 Å². The Kier molecular flexibility index (Phi) is 7.59. The van der Waals surface area contributed by atoms with Crippen molar-refractivity contribution in [1.29, 1.82) is 0 Å². The summed E-state index contributed by atoms with van der Waals surface area (Å²) in [7, 11) is 1.73. The summed E-state index contributed by atoms with van der Waals surface area (Å²) in [6, 6.07) is 23.0. The molecule has 9 heteroatoms. The molecule has 2 aromatic heterocycles. The predicted octanol–water partition coefficient (Wildman–Crippen LogP) is 4.12. The van der Waals surface area contributed by atoms with Gasteiger partial charge in [0.1, 0.15) is 5.75 Å². The molecule has 7 nitrogen and oxygen atoms in total. The van der Waals surface area contributed by atoms with Crippen molar-refractivity contribution in [3.63, 3.8) is 0 Å². The van der Waals surface area contributed by atoms with Crippen LogP contribution in [0.5, 0.6) is 5.75 Å². The van der Waals surface area contributed by atoms with Gasteiger partial charge in [-0.15, -0.1) is 28.8 Å². The van der Waals surface area contributed by atoms with Crippen molar-refractivity contribution in [3.8, 4) is 5.75 Å². The number of halogens is 1. The highest BCUT2D eigenvalue weighted by Gasteiger charge is 2.31. The lowest BCUT2D eigenvalue weighted by Gasteiger charge is -2.40. The number of anilines is 1. The number of rotatable bonds is 7. The largest absolute Gasteiger partial charge is 0.495 e. The minimum absolute atomic E-state index is 0. The number of methoxy groups -OCH3 is 1. The molecule has 1 atom stereocenters. The molecule has 33 heavy (non-hydrogen) atoms. The van der Waals surface area contributed by atoms with Gasteiger partial charge in [-0.3, -0.25) is 4.90 Å². The lowest BCUT2D eigenvalue weighted by atomic mass is 10.0. The van der Waals surface area contributed by atoms with Crippen LogP contribution in [-0.4, -0.2) is 58.4 Å². The molecule has 0 bridgehead atoms. The number of para-hydroxylation sites is 2. The van der Waals surface area contributed by atoms with Gasteiger partial charge in [-0.2, -0.15) is 0 Å². The molecule has 1 fully saturated rings. The number of tetrazole rings is 1. The van der Waals surface area contributed by atoms with Crippen molar-refractivity contribution in [2.75, 3.05) is 38.2 Å². The Hall–Kier alpha value is -2.94. The van der Waals surface area contributed by atoms with Gasteiger partial charge in [0.15, 0.2) is 5.82 Å². The standard InChI is InChI=1S/C24H26N6OS.ClH/c1-31-22-12-6-5-11-21(22)28-13-15-29(16-14-28)23(19-8-3-2-4-9-19)24-25-26-27-30(24)18-20-10-7-17-32-20;/h2-12,17,23H,13-16,18H2,1H3;1H. The SMILES string of the molecule is COc1ccccc1N1CCN(C(c2ccccc2)c2nnnn2Cc2cccs2)CC1.Cl. The highest BCUT2D eigenvalue weighted by Crippen LogP contribution is 2.32. The second-order valence-electron chi connectivity index (χ2n) is 7.78. The average molecular weight is 483 g/mol. The number of piperazine rings is 1. The van der Waals surface area contributed by atoms with E-state index in [9.17, 15) is 0 Å². The Morgan fingerprint density at radius 1 is 0.939 bits per heavy atom. The van der Waals surface area contributed by atoms with Crippen LogP contribution in [0.2, 0.25) is 0 Å². The first kappa shape index (κ1) is 23.2. The first-order chi connectivity index (χ1) is 15.8. The third-order valence-corrected chi connectivity index (χ3v) is 6.77. The van der Waals surface area contributed by atoms with Crippen LogP contribution in [0.4, 0.5) is 5.69 Å². The van der Waals surface area contributed by atoms with E-state index in [2.05, 4.69) is 85.3 Å². The fraction of sp³-hybridized carbons (Fsp3) is 0.292. The normalized spacial score (nSPS) is 15.1. The molecule has 0 saturated carbocycles. The number of hydrogen-bond donors (Lipinski definition) is 0. The molecular weight excluding hydrogens is 456 g/mol. The summed E-state index contributed by atoms with van der Waals surface area (Å²) in [6.45, 7) is 4.32. The summed E-state index contributed by atoms with van der Waals surface area (Å²) < 4.78 is 7.52. The van der Waals surface area contributed by atoms with Gasteiger partial charge in [0.25, 0.3) is 0 Å². The molecule has 1 aliphatic rings. The van der Waals surface area contributed by atoms with Crippen LogP contribution in [0, 0.1) is 0 Å². The minimum Gasteiger partial charge on any atom is -0.495 e. The number of benzene rings is 2. The van der Waals surface area contributed by atoms with Gasteiger partial charge in [0.2, 0.25) is 0 Å². The first-order valence-electron chi connectivity index (χ1n) is 10.8. The van der Waals surface area contributed by atoms with Crippen LogP contribution in [0.3, 0.4) is 0 Å². The Balaban J connectivity index is 0.00000259. The van der Waals surface area contributed by atoms with Gasteiger partial charge in [-0.05, 0) is 39.6 Å². The second kappa shape index (κ2) is 10.8. The van der Waals surface area contributed by atoms with E-state index in [1.165, 1.54) is 10.4 Å². The summed E-state index contributed by atoms with van der Waals surface area (Å²) >= 11 is 1.73. The van der Waals surface area contributed by atoms with Crippen LogP contribution < -0.4 is 9.64 Å². The Morgan fingerprint density at radius 3 is 2.42 bits per heavy atom. The summed E-state index contributed by atoms with van der Waals surface area (Å²) in [5, 5.41) is 14.9. The number of thiophene rings is 1. The topological polar surface area (TPSA) is 59.3 Å². The summed E-state index contributed by atoms with van der Waals surface area (Å²) in [6.07, 6.45) is 0. The van der Waals surface area contributed by atoms with E-state index in [1.54, 1.807) is 18.4 Å². The van der Waals surface area contributed by atoms with E-state index in [1.807, 2.05) is 16.8 Å². The summed E-state index contributed by atoms with van der Waals surface area (Å²) in [5.41, 5.74) is 2.36. The molecule has 0 aliphatic carbocycles. The number of nitrogens with zero attached hydrogens (tertiary/aromatic N) is 6. The Morgan fingerprint density at radius 2 is 1.70 bits per heavy atom. The lowest BCUT2D eigenvalue weighted by Crippen LogP contribution is -2.48. The van der Waals surface area contributed by atoms with Crippen LogP contribution in [0.1, 0.15) is 22.3 Å². The van der Waals surface area contributed by atoms with E-state index in [4.69, 9.17) is 4.74 Å². The highest BCUT2D eigenvalue weighted by atomic mass is 35.5. The zero-order chi connectivity index (χ0) is 21.8. The van der Waals surface area contributed by atoms with E-state index in [0.29, 0.717) is 6.54 Å². The van der Waals surface area contributed by atoms with Crippen molar-refractivity contribution < 1.29 is 4.74 Å². The van der Waals surface area contributed by atoms with Crippen LogP contribution in [0.15, 0.2) is 72.1 Å². The van der Waals surface area contributed by atoms with Gasteiger partial charge in [-0.25, -0.2) is 4.68 Å². The van der Waals surface area contributed by atoms with Gasteiger partial charge in [-0.1, -0.05) is 48.5 Å². The molecular formula is C24H27ClN6OS. The monoisotopic (exact) mass is 482 g/mol. The number of ether oxygens (including phenoxy) is 1. The van der Waals surface area contributed by atoms with Gasteiger partial charge in [0, 0.05) is 31.1 Å². The van der Waals surface area contributed by atoms with Crippen LogP contribution in [0.25, 0.3) is 0 Å². The molecule has 2 aromatic carbocycles. The number of aromatic nitrogens is 4. The Bertz CT molecular complexity index is 1130.